The summed E-state index contributed by atoms with van der Waals surface area (Å²) in [7, 11) is 0. The molecule has 35 heavy (non-hydrogen) atoms. The third-order valence-electron chi connectivity index (χ3n) is 5.26. The quantitative estimate of drug-likeness (QED) is 0.187. The van der Waals surface area contributed by atoms with Crippen molar-refractivity contribution < 1.29 is 4.79 Å². The van der Waals surface area contributed by atoms with Crippen LogP contribution < -0.4 is 5.43 Å². The summed E-state index contributed by atoms with van der Waals surface area (Å²) in [5, 5.41) is 14.2. The zero-order valence-electron chi connectivity index (χ0n) is 19.8. The molecule has 8 heteroatoms. The number of carbonyl (C=O) groups is 1. The number of amides is 1. The maximum absolute atomic E-state index is 12.4. The van der Waals surface area contributed by atoms with Gasteiger partial charge in [0.25, 0.3) is 5.91 Å². The number of thioether (sulfide) groups is 1. The normalized spacial score (nSPS) is 11.7. The smallest absolute Gasteiger partial charge is 0.250 e. The number of hydrogen-bond donors (Lipinski definition) is 1. The minimum absolute atomic E-state index is 0.0655. The van der Waals surface area contributed by atoms with Gasteiger partial charge in [-0.2, -0.15) is 5.10 Å². The molecule has 0 atom stereocenters. The minimum atomic E-state index is -0.237. The molecule has 0 bridgehead atoms. The Labute approximate surface area is 214 Å². The third kappa shape index (κ3) is 6.38. The van der Waals surface area contributed by atoms with Gasteiger partial charge in [0.05, 0.1) is 12.0 Å². The van der Waals surface area contributed by atoms with Crippen LogP contribution in [0.1, 0.15) is 31.9 Å². The van der Waals surface area contributed by atoms with Crippen LogP contribution in [-0.4, -0.2) is 32.6 Å². The number of nitrogens with one attached hydrogen (secondary N) is 1. The largest absolute Gasteiger partial charge is 0.272 e. The van der Waals surface area contributed by atoms with Gasteiger partial charge in [-0.25, -0.2) is 5.43 Å². The van der Waals surface area contributed by atoms with Crippen LogP contribution in [0.5, 0.6) is 0 Å². The molecule has 0 aliphatic rings. The molecular weight excluding hydrogens is 478 g/mol. The Morgan fingerprint density at radius 3 is 2.34 bits per heavy atom. The van der Waals surface area contributed by atoms with E-state index in [2.05, 4.69) is 65.8 Å². The molecule has 4 rings (SSSR count). The molecule has 1 aromatic heterocycles. The first kappa shape index (κ1) is 24.7. The van der Waals surface area contributed by atoms with Gasteiger partial charge in [0.15, 0.2) is 11.0 Å². The van der Waals surface area contributed by atoms with Crippen LogP contribution in [0.2, 0.25) is 5.02 Å². The summed E-state index contributed by atoms with van der Waals surface area (Å²) in [4.78, 5) is 12.4. The van der Waals surface area contributed by atoms with E-state index in [1.54, 1.807) is 18.3 Å². The van der Waals surface area contributed by atoms with E-state index in [9.17, 15) is 4.79 Å². The van der Waals surface area contributed by atoms with Gasteiger partial charge in [-0.15, -0.1) is 10.2 Å². The van der Waals surface area contributed by atoms with Crippen molar-refractivity contribution in [2.45, 2.75) is 31.3 Å². The molecule has 0 saturated carbocycles. The first-order chi connectivity index (χ1) is 16.8. The fourth-order valence-electron chi connectivity index (χ4n) is 3.37. The molecule has 0 aliphatic heterocycles. The Morgan fingerprint density at radius 1 is 1.00 bits per heavy atom. The van der Waals surface area contributed by atoms with Crippen LogP contribution in [0.15, 0.2) is 89.1 Å². The Balaban J connectivity index is 1.51. The Hall–Kier alpha value is -3.42. The van der Waals surface area contributed by atoms with Crippen LogP contribution in [0.4, 0.5) is 0 Å². The van der Waals surface area contributed by atoms with E-state index in [1.165, 1.54) is 17.3 Å². The van der Waals surface area contributed by atoms with Crippen molar-refractivity contribution in [2.24, 2.45) is 5.10 Å². The average Bonchev–Trinajstić information content (AvgIpc) is 3.28. The van der Waals surface area contributed by atoms with Crippen LogP contribution in [0.3, 0.4) is 0 Å². The molecule has 4 aromatic rings. The van der Waals surface area contributed by atoms with Gasteiger partial charge < -0.3 is 0 Å². The molecular formula is C27H26ClN5OS. The van der Waals surface area contributed by atoms with E-state index in [-0.39, 0.29) is 17.1 Å². The molecule has 0 aliphatic carbocycles. The number of benzene rings is 3. The molecule has 0 saturated heterocycles. The fourth-order valence-corrected chi connectivity index (χ4v) is 4.24. The average molecular weight is 504 g/mol. The van der Waals surface area contributed by atoms with Crippen molar-refractivity contribution in [2.75, 3.05) is 5.75 Å². The lowest BCUT2D eigenvalue weighted by Gasteiger charge is -2.19. The molecule has 3 aromatic carbocycles. The second-order valence-electron chi connectivity index (χ2n) is 8.94. The molecule has 1 heterocycles. The van der Waals surface area contributed by atoms with Crippen LogP contribution in [0.25, 0.3) is 17.1 Å². The van der Waals surface area contributed by atoms with E-state index in [4.69, 9.17) is 11.6 Å². The third-order valence-corrected chi connectivity index (χ3v) is 6.44. The molecule has 6 nitrogen and oxygen atoms in total. The maximum Gasteiger partial charge on any atom is 0.250 e. The van der Waals surface area contributed by atoms with Crippen molar-refractivity contribution >= 4 is 35.5 Å². The molecule has 1 amide bonds. The van der Waals surface area contributed by atoms with Gasteiger partial charge in [0.2, 0.25) is 0 Å². The van der Waals surface area contributed by atoms with Crippen molar-refractivity contribution in [1.82, 2.24) is 20.2 Å². The zero-order chi connectivity index (χ0) is 24.8. The van der Waals surface area contributed by atoms with Crippen LogP contribution >= 0.6 is 23.4 Å². The Kier molecular flexibility index (Phi) is 7.68. The second-order valence-corrected chi connectivity index (χ2v) is 10.3. The first-order valence-corrected chi connectivity index (χ1v) is 12.5. The van der Waals surface area contributed by atoms with Gasteiger partial charge in [-0.05, 0) is 40.8 Å². The standard InChI is InChI=1S/C27H26ClN5OS/c1-27(2,3)21-13-11-20(12-14-21)25-31-32-26(33(25)23-7-5-4-6-8-23)35-18-24(34)30-29-17-19-9-15-22(28)16-10-19/h4-17H,18H2,1-3H3,(H,30,34)/b29-17-. The molecule has 0 unspecified atom stereocenters. The number of para-hydroxylation sites is 1. The Bertz CT molecular complexity index is 1310. The number of nitrogens with zero attached hydrogens (tertiary/aromatic N) is 4. The van der Waals surface area contributed by atoms with E-state index in [1.807, 2.05) is 47.0 Å². The zero-order valence-corrected chi connectivity index (χ0v) is 21.3. The van der Waals surface area contributed by atoms with Gasteiger partial charge >= 0.3 is 0 Å². The summed E-state index contributed by atoms with van der Waals surface area (Å²) in [5.41, 5.74) is 6.59. The van der Waals surface area contributed by atoms with Crippen LogP contribution in [-0.2, 0) is 10.2 Å². The summed E-state index contributed by atoms with van der Waals surface area (Å²) in [6.45, 7) is 6.56. The van der Waals surface area contributed by atoms with Crippen LogP contribution in [0, 0.1) is 0 Å². The van der Waals surface area contributed by atoms with E-state index < -0.39 is 0 Å². The summed E-state index contributed by atoms with van der Waals surface area (Å²) in [6.07, 6.45) is 1.57. The SMILES string of the molecule is CC(C)(C)c1ccc(-c2nnc(SCC(=O)N/N=C\c3ccc(Cl)cc3)n2-c2ccccc2)cc1. The lowest BCUT2D eigenvalue weighted by Crippen LogP contribution is -2.20. The summed E-state index contributed by atoms with van der Waals surface area (Å²) < 4.78 is 1.97. The second kappa shape index (κ2) is 10.9. The Morgan fingerprint density at radius 2 is 1.69 bits per heavy atom. The van der Waals surface area contributed by atoms with Crippen molar-refractivity contribution in [1.29, 1.82) is 0 Å². The molecule has 0 fully saturated rings. The summed E-state index contributed by atoms with van der Waals surface area (Å²) in [5.74, 6) is 0.630. The van der Waals surface area contributed by atoms with Gasteiger partial charge in [-0.1, -0.05) is 98.7 Å². The number of halogens is 1. The highest BCUT2D eigenvalue weighted by molar-refractivity contribution is 7.99. The number of hydrogen-bond acceptors (Lipinski definition) is 5. The predicted molar refractivity (Wildman–Crippen MR) is 143 cm³/mol. The van der Waals surface area contributed by atoms with Gasteiger partial charge in [0, 0.05) is 16.3 Å². The highest BCUT2D eigenvalue weighted by atomic mass is 35.5. The minimum Gasteiger partial charge on any atom is -0.272 e. The number of hydrazone groups is 1. The molecule has 178 valence electrons. The monoisotopic (exact) mass is 503 g/mol. The fraction of sp³-hybridized carbons (Fsp3) is 0.185. The number of rotatable bonds is 7. The first-order valence-electron chi connectivity index (χ1n) is 11.1. The molecule has 1 N–H and O–H groups in total. The van der Waals surface area contributed by atoms with E-state index >= 15 is 0 Å². The molecule has 0 spiro atoms. The summed E-state index contributed by atoms with van der Waals surface area (Å²) >= 11 is 7.20. The lowest BCUT2D eigenvalue weighted by atomic mass is 9.87. The lowest BCUT2D eigenvalue weighted by molar-refractivity contribution is -0.118. The van der Waals surface area contributed by atoms with Crippen molar-refractivity contribution in [3.8, 4) is 17.1 Å². The predicted octanol–water partition coefficient (Wildman–Crippen LogP) is 6.13. The van der Waals surface area contributed by atoms with Crippen molar-refractivity contribution in [3.05, 3.63) is 95.0 Å². The van der Waals surface area contributed by atoms with E-state index in [0.29, 0.717) is 10.2 Å². The number of aromatic nitrogens is 3. The summed E-state index contributed by atoms with van der Waals surface area (Å²) in [6, 6.07) is 25.5. The van der Waals surface area contributed by atoms with Gasteiger partial charge in [-0.3, -0.25) is 9.36 Å². The highest BCUT2D eigenvalue weighted by Crippen LogP contribution is 2.30. The van der Waals surface area contributed by atoms with Gasteiger partial charge in [0.1, 0.15) is 0 Å². The van der Waals surface area contributed by atoms with E-state index in [0.717, 1.165) is 22.6 Å². The highest BCUT2D eigenvalue weighted by Gasteiger charge is 2.19. The maximum atomic E-state index is 12.4. The topological polar surface area (TPSA) is 72.2 Å². The molecule has 0 radical (unpaired) electrons. The van der Waals surface area contributed by atoms with Crippen molar-refractivity contribution in [3.63, 3.8) is 0 Å². The number of carbonyl (C=O) groups excluding carboxylic acids is 1.